The quantitative estimate of drug-likeness (QED) is 0.312. The molecule has 1 aliphatic heterocycles. The number of hydrogen-bond donors (Lipinski definition) is 0. The van der Waals surface area contributed by atoms with E-state index in [9.17, 15) is 0 Å². The zero-order valence-electron chi connectivity index (χ0n) is 18.1. The van der Waals surface area contributed by atoms with E-state index < -0.39 is 5.67 Å². The van der Waals surface area contributed by atoms with Gasteiger partial charge in [0.25, 0.3) is 0 Å². The van der Waals surface area contributed by atoms with Crippen LogP contribution in [0.4, 0.5) is 4.39 Å². The Morgan fingerprint density at radius 1 is 1.18 bits per heavy atom. The van der Waals surface area contributed by atoms with E-state index in [2.05, 4.69) is 15.1 Å². The van der Waals surface area contributed by atoms with Gasteiger partial charge >= 0.3 is 0 Å². The molecular weight excluding hydrogens is 463 g/mol. The molecule has 10 heteroatoms. The maximum Gasteiger partial charge on any atom is 0.212 e. The fourth-order valence-corrected chi connectivity index (χ4v) is 5.72. The van der Waals surface area contributed by atoms with Crippen molar-refractivity contribution in [2.24, 2.45) is 0 Å². The van der Waals surface area contributed by atoms with Crippen LogP contribution < -0.4 is 4.74 Å². The van der Waals surface area contributed by atoms with Gasteiger partial charge in [-0.05, 0) is 37.6 Å². The van der Waals surface area contributed by atoms with Crippen LogP contribution in [0.1, 0.15) is 34.1 Å². The summed E-state index contributed by atoms with van der Waals surface area (Å²) in [5.41, 5.74) is 1.79. The lowest BCUT2D eigenvalue weighted by Gasteiger charge is -2.27. The van der Waals surface area contributed by atoms with Crippen molar-refractivity contribution < 1.29 is 18.3 Å². The number of hydrogen-bond acceptors (Lipinski definition) is 8. The van der Waals surface area contributed by atoms with Crippen molar-refractivity contribution >= 4 is 38.6 Å². The molecule has 0 saturated carbocycles. The SMILES string of the molecule is Cc1cc(OCc2csc(C3(F)CCOCC3)n2)c2cc(-c3cn4nc(C)sc4n3)oc2c1. The van der Waals surface area contributed by atoms with Gasteiger partial charge < -0.3 is 13.9 Å². The fraction of sp³-hybridized carbons (Fsp3) is 0.348. The van der Waals surface area contributed by atoms with E-state index >= 15 is 4.39 Å². The van der Waals surface area contributed by atoms with Gasteiger partial charge in [0.05, 0.1) is 30.5 Å². The standard InChI is InChI=1S/C23H21FN4O3S2/c1-13-7-18(30-11-15-12-32-21(25-15)23(24)3-5-29-6-4-23)16-9-20(31-19(16)8-13)17-10-28-22(26-17)33-14(2)27-28/h7-10,12H,3-6,11H2,1-2H3. The van der Waals surface area contributed by atoms with Crippen LogP contribution in [0.5, 0.6) is 5.75 Å². The summed E-state index contributed by atoms with van der Waals surface area (Å²) in [6, 6.07) is 5.89. The highest BCUT2D eigenvalue weighted by atomic mass is 32.1. The van der Waals surface area contributed by atoms with Crippen LogP contribution >= 0.6 is 22.7 Å². The Balaban J connectivity index is 1.26. The average molecular weight is 485 g/mol. The van der Waals surface area contributed by atoms with Crippen LogP contribution in [-0.2, 0) is 17.0 Å². The summed E-state index contributed by atoms with van der Waals surface area (Å²) in [5.74, 6) is 1.36. The maximum absolute atomic E-state index is 15.2. The molecule has 1 aliphatic rings. The fourth-order valence-electron chi connectivity index (χ4n) is 4.04. The molecular formula is C23H21FN4O3S2. The predicted molar refractivity (Wildman–Crippen MR) is 125 cm³/mol. The molecule has 4 aromatic heterocycles. The topological polar surface area (TPSA) is 74.7 Å². The Hall–Kier alpha value is -2.82. The number of furan rings is 1. The molecule has 0 radical (unpaired) electrons. The average Bonchev–Trinajstić information content (AvgIpc) is 3.55. The van der Waals surface area contributed by atoms with Crippen LogP contribution in [0.15, 0.2) is 34.2 Å². The third kappa shape index (κ3) is 3.81. The molecule has 5 heterocycles. The molecule has 6 rings (SSSR count). The molecule has 33 heavy (non-hydrogen) atoms. The minimum absolute atomic E-state index is 0.256. The van der Waals surface area contributed by atoms with Crippen LogP contribution in [-0.4, -0.2) is 32.8 Å². The van der Waals surface area contributed by atoms with Gasteiger partial charge in [-0.2, -0.15) is 5.10 Å². The summed E-state index contributed by atoms with van der Waals surface area (Å²) >= 11 is 2.88. The number of ether oxygens (including phenoxy) is 2. The monoisotopic (exact) mass is 484 g/mol. The number of fused-ring (bicyclic) bond motifs is 2. The van der Waals surface area contributed by atoms with Gasteiger partial charge in [-0.25, -0.2) is 18.9 Å². The molecule has 0 N–H and O–H groups in total. The lowest BCUT2D eigenvalue weighted by atomic mass is 9.97. The van der Waals surface area contributed by atoms with Crippen LogP contribution in [0, 0.1) is 13.8 Å². The summed E-state index contributed by atoms with van der Waals surface area (Å²) in [4.78, 5) is 9.98. The van der Waals surface area contributed by atoms with Gasteiger partial charge in [-0.1, -0.05) is 11.3 Å². The second-order valence-corrected chi connectivity index (χ2v) is 10.3. The van der Waals surface area contributed by atoms with E-state index in [1.807, 2.05) is 43.6 Å². The molecule has 7 nitrogen and oxygen atoms in total. The minimum Gasteiger partial charge on any atom is -0.486 e. The zero-order valence-corrected chi connectivity index (χ0v) is 19.8. The first kappa shape index (κ1) is 20.8. The Morgan fingerprint density at radius 3 is 2.85 bits per heavy atom. The highest BCUT2D eigenvalue weighted by Gasteiger charge is 2.37. The molecule has 0 aliphatic carbocycles. The largest absolute Gasteiger partial charge is 0.486 e. The molecule has 0 bridgehead atoms. The summed E-state index contributed by atoms with van der Waals surface area (Å²) in [6.45, 7) is 5.06. The Bertz CT molecular complexity index is 1430. The molecule has 0 amide bonds. The molecule has 0 atom stereocenters. The summed E-state index contributed by atoms with van der Waals surface area (Å²) < 4.78 is 34.5. The lowest BCUT2D eigenvalue weighted by molar-refractivity contribution is -0.0117. The molecule has 1 aromatic carbocycles. The van der Waals surface area contributed by atoms with Crippen LogP contribution in [0.3, 0.4) is 0 Å². The molecule has 170 valence electrons. The van der Waals surface area contributed by atoms with Gasteiger partial charge in [-0.15, -0.1) is 11.3 Å². The summed E-state index contributed by atoms with van der Waals surface area (Å²) in [7, 11) is 0. The maximum atomic E-state index is 15.2. The second-order valence-electron chi connectivity index (χ2n) is 8.27. The summed E-state index contributed by atoms with van der Waals surface area (Å²) in [5, 5.41) is 8.61. The van der Waals surface area contributed by atoms with Crippen molar-refractivity contribution in [1.82, 2.24) is 19.6 Å². The first-order valence-corrected chi connectivity index (χ1v) is 12.4. The van der Waals surface area contributed by atoms with Gasteiger partial charge in [0.2, 0.25) is 4.96 Å². The molecule has 1 fully saturated rings. The van der Waals surface area contributed by atoms with E-state index in [-0.39, 0.29) is 6.61 Å². The second kappa shape index (κ2) is 7.89. The number of thiazole rings is 1. The molecule has 1 saturated heterocycles. The smallest absolute Gasteiger partial charge is 0.212 e. The number of benzene rings is 1. The van der Waals surface area contributed by atoms with Gasteiger partial charge in [-0.3, -0.25) is 0 Å². The number of aryl methyl sites for hydroxylation is 2. The number of imidazole rings is 1. The van der Waals surface area contributed by atoms with E-state index in [1.54, 1.807) is 4.52 Å². The Labute approximate surface area is 196 Å². The number of halogens is 1. The highest BCUT2D eigenvalue weighted by molar-refractivity contribution is 7.16. The summed E-state index contributed by atoms with van der Waals surface area (Å²) in [6.07, 6.45) is 2.56. The van der Waals surface area contributed by atoms with Crippen LogP contribution in [0.25, 0.3) is 27.4 Å². The number of aromatic nitrogens is 4. The van der Waals surface area contributed by atoms with Crippen molar-refractivity contribution in [1.29, 1.82) is 0 Å². The van der Waals surface area contributed by atoms with Crippen molar-refractivity contribution in [3.05, 3.63) is 51.0 Å². The van der Waals surface area contributed by atoms with Gasteiger partial charge in [0, 0.05) is 18.2 Å². The first-order chi connectivity index (χ1) is 16.0. The van der Waals surface area contributed by atoms with Crippen LogP contribution in [0.2, 0.25) is 0 Å². The highest BCUT2D eigenvalue weighted by Crippen LogP contribution is 2.39. The van der Waals surface area contributed by atoms with E-state index in [1.165, 1.54) is 22.7 Å². The third-order valence-electron chi connectivity index (χ3n) is 5.74. The normalized spacial score (nSPS) is 16.1. The van der Waals surface area contributed by atoms with Crippen molar-refractivity contribution in [2.45, 2.75) is 39.0 Å². The van der Waals surface area contributed by atoms with E-state index in [0.717, 1.165) is 32.2 Å². The first-order valence-electron chi connectivity index (χ1n) is 10.7. The molecule has 0 spiro atoms. The van der Waals surface area contributed by atoms with Gasteiger partial charge in [0.15, 0.2) is 11.4 Å². The van der Waals surface area contributed by atoms with Gasteiger partial charge in [0.1, 0.15) is 33.6 Å². The Morgan fingerprint density at radius 2 is 2.03 bits per heavy atom. The molecule has 5 aromatic rings. The number of nitrogens with zero attached hydrogens (tertiary/aromatic N) is 4. The Kier molecular flexibility index (Phi) is 4.97. The van der Waals surface area contributed by atoms with Crippen molar-refractivity contribution in [3.8, 4) is 17.2 Å². The molecule has 0 unspecified atom stereocenters. The van der Waals surface area contributed by atoms with E-state index in [4.69, 9.17) is 13.9 Å². The predicted octanol–water partition coefficient (Wildman–Crippen LogP) is 5.83. The number of alkyl halides is 1. The number of rotatable bonds is 5. The zero-order chi connectivity index (χ0) is 22.6. The lowest BCUT2D eigenvalue weighted by Crippen LogP contribution is -2.29. The minimum atomic E-state index is -1.40. The van der Waals surface area contributed by atoms with Crippen molar-refractivity contribution in [3.63, 3.8) is 0 Å². The van der Waals surface area contributed by atoms with Crippen molar-refractivity contribution in [2.75, 3.05) is 13.2 Å². The van der Waals surface area contributed by atoms with E-state index in [0.29, 0.717) is 48.3 Å². The third-order valence-corrected chi connectivity index (χ3v) is 7.64.